The Morgan fingerprint density at radius 1 is 1.21 bits per heavy atom. The van der Waals surface area contributed by atoms with Crippen LogP contribution in [-0.2, 0) is 4.79 Å². The summed E-state index contributed by atoms with van der Waals surface area (Å²) in [6.07, 6.45) is 2.43. The maximum Gasteiger partial charge on any atom is 0.237 e. The Hall–Kier alpha value is -2.38. The number of benzene rings is 1. The van der Waals surface area contributed by atoms with E-state index in [1.165, 1.54) is 22.0 Å². The summed E-state index contributed by atoms with van der Waals surface area (Å²) in [5.41, 5.74) is 4.20. The highest BCUT2D eigenvalue weighted by atomic mass is 32.2. The number of hydrogen-bond donors (Lipinski definition) is 1. The number of nitrogens with one attached hydrogen (secondary N) is 1. The summed E-state index contributed by atoms with van der Waals surface area (Å²) in [6.45, 7) is 6.33. The van der Waals surface area contributed by atoms with Crippen molar-refractivity contribution in [2.75, 3.05) is 5.32 Å². The van der Waals surface area contributed by atoms with Crippen molar-refractivity contribution in [3.8, 4) is 0 Å². The normalized spacial score (nSPS) is 12.7. The van der Waals surface area contributed by atoms with E-state index in [-0.39, 0.29) is 11.2 Å². The van der Waals surface area contributed by atoms with Gasteiger partial charge in [0, 0.05) is 5.69 Å². The van der Waals surface area contributed by atoms with E-state index in [0.29, 0.717) is 12.3 Å². The highest BCUT2D eigenvalue weighted by molar-refractivity contribution is 8.00. The smallest absolute Gasteiger partial charge is 0.237 e. The monoisotopic (exact) mass is 410 g/mol. The number of anilines is 1. The van der Waals surface area contributed by atoms with E-state index in [9.17, 15) is 4.79 Å². The lowest BCUT2D eigenvalue weighted by Crippen LogP contribution is -2.24. The van der Waals surface area contributed by atoms with Gasteiger partial charge in [-0.05, 0) is 47.5 Å². The largest absolute Gasteiger partial charge is 0.325 e. The zero-order valence-corrected chi connectivity index (χ0v) is 17.7. The van der Waals surface area contributed by atoms with Gasteiger partial charge in [-0.3, -0.25) is 9.20 Å². The molecule has 4 rings (SSSR count). The summed E-state index contributed by atoms with van der Waals surface area (Å²) in [6, 6.07) is 12.3. The van der Waals surface area contributed by atoms with Crippen LogP contribution in [-0.4, -0.2) is 25.8 Å². The molecule has 0 fully saturated rings. The molecule has 0 saturated carbocycles. The maximum absolute atomic E-state index is 12.8. The van der Waals surface area contributed by atoms with E-state index >= 15 is 0 Å². The number of aromatic nitrogens is 3. The molecule has 4 aromatic rings. The van der Waals surface area contributed by atoms with Crippen molar-refractivity contribution < 1.29 is 4.79 Å². The third kappa shape index (κ3) is 3.64. The first-order valence-corrected chi connectivity index (χ1v) is 11.1. The number of carbonyl (C=O) groups is 1. The van der Waals surface area contributed by atoms with Gasteiger partial charge in [-0.15, -0.1) is 21.5 Å². The van der Waals surface area contributed by atoms with Gasteiger partial charge in [-0.25, -0.2) is 0 Å². The molecule has 3 aromatic heterocycles. The molecule has 0 aliphatic rings. The third-order valence-corrected chi connectivity index (χ3v) is 6.96. The van der Waals surface area contributed by atoms with Crippen molar-refractivity contribution in [2.45, 2.75) is 43.4 Å². The lowest BCUT2D eigenvalue weighted by atomic mass is 10.0. The quantitative estimate of drug-likeness (QED) is 0.422. The molecule has 144 valence electrons. The first-order chi connectivity index (χ1) is 13.6. The van der Waals surface area contributed by atoms with Gasteiger partial charge >= 0.3 is 0 Å². The Labute approximate surface area is 172 Å². The van der Waals surface area contributed by atoms with E-state index < -0.39 is 0 Å². The molecular weight excluding hydrogens is 388 g/mol. The van der Waals surface area contributed by atoms with Crippen LogP contribution in [0.5, 0.6) is 0 Å². The molecule has 0 aliphatic heterocycles. The summed E-state index contributed by atoms with van der Waals surface area (Å²) >= 11 is 3.16. The number of thiophene rings is 1. The molecular formula is C21H22N4OS2. The highest BCUT2D eigenvalue weighted by Crippen LogP contribution is 2.32. The number of fused-ring (bicyclic) bond motifs is 3. The number of thioether (sulfide) groups is 1. The minimum Gasteiger partial charge on any atom is -0.325 e. The van der Waals surface area contributed by atoms with E-state index in [4.69, 9.17) is 0 Å². The van der Waals surface area contributed by atoms with Gasteiger partial charge in [0.15, 0.2) is 0 Å². The van der Waals surface area contributed by atoms with Crippen molar-refractivity contribution in [3.63, 3.8) is 0 Å². The molecule has 1 N–H and O–H groups in total. The Morgan fingerprint density at radius 3 is 2.71 bits per heavy atom. The average molecular weight is 411 g/mol. The van der Waals surface area contributed by atoms with Crippen molar-refractivity contribution >= 4 is 50.4 Å². The zero-order chi connectivity index (χ0) is 19.7. The first kappa shape index (κ1) is 19.0. The first-order valence-electron chi connectivity index (χ1n) is 9.34. The standard InChI is InChI=1S/C21H22N4OS2/c1-4-18(20(26)23-15-7-5-14(6-8-15)13(2)3)28-21-17-11-19-16(9-10-27-19)25(17)12-22-24-21/h5-13,18H,4H2,1-3H3,(H,23,26)/t18-/m0/s1. The second-order valence-electron chi connectivity index (χ2n) is 6.99. The minimum atomic E-state index is -0.238. The zero-order valence-electron chi connectivity index (χ0n) is 16.0. The fraction of sp³-hybridized carbons (Fsp3) is 0.286. The second kappa shape index (κ2) is 7.93. The van der Waals surface area contributed by atoms with Gasteiger partial charge in [0.25, 0.3) is 0 Å². The van der Waals surface area contributed by atoms with Crippen LogP contribution in [0.25, 0.3) is 15.7 Å². The molecule has 0 saturated heterocycles. The highest BCUT2D eigenvalue weighted by Gasteiger charge is 2.21. The predicted octanol–water partition coefficient (Wildman–Crippen LogP) is 5.58. The van der Waals surface area contributed by atoms with Gasteiger partial charge < -0.3 is 5.32 Å². The summed E-state index contributed by atoms with van der Waals surface area (Å²) < 4.78 is 3.23. The fourth-order valence-electron chi connectivity index (χ4n) is 3.13. The number of hydrogen-bond acceptors (Lipinski definition) is 5. The van der Waals surface area contributed by atoms with Crippen LogP contribution in [0.2, 0.25) is 0 Å². The van der Waals surface area contributed by atoms with Gasteiger partial charge in [0.1, 0.15) is 11.4 Å². The molecule has 0 radical (unpaired) electrons. The van der Waals surface area contributed by atoms with Crippen molar-refractivity contribution in [3.05, 3.63) is 53.7 Å². The molecule has 1 amide bonds. The van der Waals surface area contributed by atoms with E-state index in [0.717, 1.165) is 21.7 Å². The van der Waals surface area contributed by atoms with Crippen LogP contribution in [0.4, 0.5) is 5.69 Å². The number of carbonyl (C=O) groups excluding carboxylic acids is 1. The van der Waals surface area contributed by atoms with Crippen LogP contribution in [0, 0.1) is 0 Å². The van der Waals surface area contributed by atoms with Crippen molar-refractivity contribution in [2.24, 2.45) is 0 Å². The molecule has 0 unspecified atom stereocenters. The predicted molar refractivity (Wildman–Crippen MR) is 117 cm³/mol. The van der Waals surface area contributed by atoms with E-state index in [2.05, 4.69) is 59.0 Å². The van der Waals surface area contributed by atoms with Crippen LogP contribution < -0.4 is 5.32 Å². The van der Waals surface area contributed by atoms with Gasteiger partial charge in [0.2, 0.25) is 5.91 Å². The summed E-state index contributed by atoms with van der Waals surface area (Å²) in [5.74, 6) is 0.460. The molecule has 1 aromatic carbocycles. The Kier molecular flexibility index (Phi) is 5.37. The van der Waals surface area contributed by atoms with E-state index in [1.807, 2.05) is 23.5 Å². The van der Waals surface area contributed by atoms with Gasteiger partial charge in [-0.2, -0.15) is 0 Å². The minimum absolute atomic E-state index is 0.0121. The summed E-state index contributed by atoms with van der Waals surface area (Å²) in [5, 5.41) is 14.1. The average Bonchev–Trinajstić information content (AvgIpc) is 3.28. The van der Waals surface area contributed by atoms with Crippen LogP contribution in [0.1, 0.15) is 38.7 Å². The number of nitrogens with zero attached hydrogens (tertiary/aromatic N) is 3. The van der Waals surface area contributed by atoms with Crippen LogP contribution in [0.3, 0.4) is 0 Å². The Bertz CT molecular complexity index is 1110. The Balaban J connectivity index is 1.54. The lowest BCUT2D eigenvalue weighted by molar-refractivity contribution is -0.115. The van der Waals surface area contributed by atoms with Gasteiger partial charge in [-0.1, -0.05) is 44.7 Å². The number of rotatable bonds is 6. The lowest BCUT2D eigenvalue weighted by Gasteiger charge is -2.15. The molecule has 7 heteroatoms. The fourth-order valence-corrected chi connectivity index (χ4v) is 4.91. The molecule has 0 bridgehead atoms. The maximum atomic E-state index is 12.8. The topological polar surface area (TPSA) is 59.3 Å². The second-order valence-corrected chi connectivity index (χ2v) is 9.13. The molecule has 3 heterocycles. The number of amides is 1. The molecule has 0 spiro atoms. The van der Waals surface area contributed by atoms with E-state index in [1.54, 1.807) is 17.7 Å². The molecule has 0 aliphatic carbocycles. The third-order valence-electron chi connectivity index (χ3n) is 4.76. The van der Waals surface area contributed by atoms with Gasteiger partial charge in [0.05, 0.1) is 21.0 Å². The summed E-state index contributed by atoms with van der Waals surface area (Å²) in [4.78, 5) is 12.8. The molecule has 1 atom stereocenters. The summed E-state index contributed by atoms with van der Waals surface area (Å²) in [7, 11) is 0. The van der Waals surface area contributed by atoms with Crippen LogP contribution >= 0.6 is 23.1 Å². The van der Waals surface area contributed by atoms with Crippen molar-refractivity contribution in [1.29, 1.82) is 0 Å². The molecule has 28 heavy (non-hydrogen) atoms. The molecule has 5 nitrogen and oxygen atoms in total. The Morgan fingerprint density at radius 2 is 2.00 bits per heavy atom. The SMILES string of the molecule is CC[C@H](Sc1nncn2c1cc1sccc12)C(=O)Nc1ccc(C(C)C)cc1. The van der Waals surface area contributed by atoms with Crippen molar-refractivity contribution in [1.82, 2.24) is 14.6 Å². The van der Waals surface area contributed by atoms with Crippen LogP contribution in [0.15, 0.2) is 53.1 Å².